The standard InChI is InChI=1S/C7H8N2O2/c1-11-9-7-4-2-6(8-10)3-5-7/h2-5,9H,1H3. The second kappa shape index (κ2) is 3.68. The van der Waals surface area contributed by atoms with Crippen molar-refractivity contribution in [2.24, 2.45) is 5.18 Å². The Labute approximate surface area is 64.1 Å². The molecular formula is C7H8N2O2. The first-order chi connectivity index (χ1) is 5.36. The van der Waals surface area contributed by atoms with Gasteiger partial charge < -0.3 is 0 Å². The van der Waals surface area contributed by atoms with Gasteiger partial charge in [0, 0.05) is 0 Å². The van der Waals surface area contributed by atoms with Crippen LogP contribution >= 0.6 is 0 Å². The SMILES string of the molecule is CONc1ccc(N=O)cc1. The zero-order chi connectivity index (χ0) is 8.10. The molecule has 1 N–H and O–H groups in total. The molecule has 0 fully saturated rings. The molecule has 0 amide bonds. The maximum atomic E-state index is 9.97. The summed E-state index contributed by atoms with van der Waals surface area (Å²) in [5.41, 5.74) is 3.82. The van der Waals surface area contributed by atoms with E-state index < -0.39 is 0 Å². The summed E-state index contributed by atoms with van der Waals surface area (Å²) in [6.45, 7) is 0. The summed E-state index contributed by atoms with van der Waals surface area (Å²) in [6, 6.07) is 6.63. The monoisotopic (exact) mass is 152 g/mol. The summed E-state index contributed by atoms with van der Waals surface area (Å²) < 4.78 is 0. The molecule has 0 aliphatic rings. The van der Waals surface area contributed by atoms with Gasteiger partial charge in [-0.25, -0.2) is 0 Å². The molecule has 0 aromatic heterocycles. The molecule has 0 atom stereocenters. The minimum atomic E-state index is 0.409. The first-order valence-electron chi connectivity index (χ1n) is 3.09. The normalized spacial score (nSPS) is 9.18. The number of nitrogens with zero attached hydrogens (tertiary/aromatic N) is 1. The van der Waals surface area contributed by atoms with E-state index in [0.29, 0.717) is 5.69 Å². The second-order valence-corrected chi connectivity index (χ2v) is 1.94. The summed E-state index contributed by atoms with van der Waals surface area (Å²) in [4.78, 5) is 14.6. The largest absolute Gasteiger partial charge is 0.279 e. The predicted octanol–water partition coefficient (Wildman–Crippen LogP) is 2.06. The number of hydrogen-bond donors (Lipinski definition) is 1. The van der Waals surface area contributed by atoms with Crippen molar-refractivity contribution in [1.29, 1.82) is 0 Å². The maximum absolute atomic E-state index is 9.97. The molecular weight excluding hydrogens is 144 g/mol. The van der Waals surface area contributed by atoms with E-state index in [1.165, 1.54) is 7.11 Å². The average molecular weight is 152 g/mol. The quantitative estimate of drug-likeness (QED) is 0.532. The Kier molecular flexibility index (Phi) is 2.57. The third-order valence-corrected chi connectivity index (χ3v) is 1.19. The van der Waals surface area contributed by atoms with Gasteiger partial charge in [0.05, 0.1) is 12.8 Å². The van der Waals surface area contributed by atoms with Gasteiger partial charge in [0.25, 0.3) is 0 Å². The molecule has 58 valence electrons. The van der Waals surface area contributed by atoms with Crippen molar-refractivity contribution in [2.75, 3.05) is 12.6 Å². The van der Waals surface area contributed by atoms with Gasteiger partial charge >= 0.3 is 0 Å². The van der Waals surface area contributed by atoms with E-state index in [0.717, 1.165) is 5.69 Å². The highest BCUT2D eigenvalue weighted by Crippen LogP contribution is 2.15. The molecule has 0 aliphatic heterocycles. The van der Waals surface area contributed by atoms with Gasteiger partial charge in [-0.2, -0.15) is 0 Å². The molecule has 0 saturated heterocycles. The van der Waals surface area contributed by atoms with Crippen LogP contribution in [0.25, 0.3) is 0 Å². The Morgan fingerprint density at radius 1 is 1.36 bits per heavy atom. The summed E-state index contributed by atoms with van der Waals surface area (Å²) in [5.74, 6) is 0. The van der Waals surface area contributed by atoms with Crippen LogP contribution in [-0.4, -0.2) is 7.11 Å². The van der Waals surface area contributed by atoms with Crippen molar-refractivity contribution in [3.05, 3.63) is 29.2 Å². The fourth-order valence-electron chi connectivity index (χ4n) is 0.708. The van der Waals surface area contributed by atoms with Crippen molar-refractivity contribution in [3.63, 3.8) is 0 Å². The van der Waals surface area contributed by atoms with E-state index in [1.807, 2.05) is 0 Å². The van der Waals surface area contributed by atoms with E-state index in [9.17, 15) is 4.91 Å². The fourth-order valence-corrected chi connectivity index (χ4v) is 0.708. The third-order valence-electron chi connectivity index (χ3n) is 1.19. The van der Waals surface area contributed by atoms with Gasteiger partial charge in [-0.15, -0.1) is 4.91 Å². The number of rotatable bonds is 3. The number of nitrogens with one attached hydrogen (secondary N) is 1. The van der Waals surface area contributed by atoms with Crippen LogP contribution in [0.5, 0.6) is 0 Å². The summed E-state index contributed by atoms with van der Waals surface area (Å²) >= 11 is 0. The van der Waals surface area contributed by atoms with Crippen LogP contribution in [0.4, 0.5) is 11.4 Å². The first-order valence-corrected chi connectivity index (χ1v) is 3.09. The molecule has 0 spiro atoms. The zero-order valence-electron chi connectivity index (χ0n) is 6.07. The van der Waals surface area contributed by atoms with Gasteiger partial charge in [0.1, 0.15) is 5.69 Å². The predicted molar refractivity (Wildman–Crippen MR) is 42.5 cm³/mol. The van der Waals surface area contributed by atoms with Crippen molar-refractivity contribution in [3.8, 4) is 0 Å². The summed E-state index contributed by atoms with van der Waals surface area (Å²) in [6.07, 6.45) is 0. The van der Waals surface area contributed by atoms with Crippen molar-refractivity contribution >= 4 is 11.4 Å². The summed E-state index contributed by atoms with van der Waals surface area (Å²) in [7, 11) is 1.52. The van der Waals surface area contributed by atoms with Crippen LogP contribution in [0.3, 0.4) is 0 Å². The highest BCUT2D eigenvalue weighted by molar-refractivity contribution is 5.49. The van der Waals surface area contributed by atoms with Crippen molar-refractivity contribution in [2.45, 2.75) is 0 Å². The minimum absolute atomic E-state index is 0.409. The molecule has 0 bridgehead atoms. The summed E-state index contributed by atoms with van der Waals surface area (Å²) in [5, 5.41) is 2.75. The Hall–Kier alpha value is -1.42. The highest BCUT2D eigenvalue weighted by Gasteiger charge is 1.90. The maximum Gasteiger partial charge on any atom is 0.108 e. The number of nitroso groups, excluding NO2 is 1. The van der Waals surface area contributed by atoms with Crippen LogP contribution in [-0.2, 0) is 4.84 Å². The lowest BCUT2D eigenvalue weighted by Gasteiger charge is -2.00. The highest BCUT2D eigenvalue weighted by atomic mass is 16.6. The smallest absolute Gasteiger partial charge is 0.108 e. The van der Waals surface area contributed by atoms with Gasteiger partial charge in [-0.1, -0.05) is 0 Å². The van der Waals surface area contributed by atoms with Crippen LogP contribution in [0.1, 0.15) is 0 Å². The first kappa shape index (κ1) is 7.68. The molecule has 1 rings (SSSR count). The number of hydrogen-bond acceptors (Lipinski definition) is 4. The molecule has 1 aromatic carbocycles. The minimum Gasteiger partial charge on any atom is -0.279 e. The van der Waals surface area contributed by atoms with E-state index in [2.05, 4.69) is 15.5 Å². The Bertz CT molecular complexity index is 233. The number of anilines is 1. The fraction of sp³-hybridized carbons (Fsp3) is 0.143. The Morgan fingerprint density at radius 3 is 2.45 bits per heavy atom. The van der Waals surface area contributed by atoms with Gasteiger partial charge in [0.15, 0.2) is 0 Å². The van der Waals surface area contributed by atoms with E-state index in [1.54, 1.807) is 24.3 Å². The molecule has 0 saturated carbocycles. The topological polar surface area (TPSA) is 50.7 Å². The molecule has 0 unspecified atom stereocenters. The van der Waals surface area contributed by atoms with Gasteiger partial charge in [0.2, 0.25) is 0 Å². The average Bonchev–Trinajstić information content (AvgIpc) is 2.07. The van der Waals surface area contributed by atoms with Crippen LogP contribution in [0, 0.1) is 4.91 Å². The lowest BCUT2D eigenvalue weighted by Crippen LogP contribution is -1.93. The third kappa shape index (κ3) is 2.01. The molecule has 0 heterocycles. The molecule has 4 nitrogen and oxygen atoms in total. The van der Waals surface area contributed by atoms with E-state index in [-0.39, 0.29) is 0 Å². The van der Waals surface area contributed by atoms with Crippen LogP contribution in [0.15, 0.2) is 29.4 Å². The Balaban J connectivity index is 2.74. The van der Waals surface area contributed by atoms with Gasteiger partial charge in [-0.3, -0.25) is 10.3 Å². The van der Waals surface area contributed by atoms with Gasteiger partial charge in [-0.05, 0) is 29.4 Å². The molecule has 1 aromatic rings. The second-order valence-electron chi connectivity index (χ2n) is 1.94. The van der Waals surface area contributed by atoms with E-state index >= 15 is 0 Å². The molecule has 11 heavy (non-hydrogen) atoms. The molecule has 0 radical (unpaired) electrons. The van der Waals surface area contributed by atoms with E-state index in [4.69, 9.17) is 0 Å². The van der Waals surface area contributed by atoms with Crippen molar-refractivity contribution < 1.29 is 4.84 Å². The zero-order valence-corrected chi connectivity index (χ0v) is 6.07. The number of benzene rings is 1. The van der Waals surface area contributed by atoms with Crippen LogP contribution in [0.2, 0.25) is 0 Å². The van der Waals surface area contributed by atoms with Crippen LogP contribution < -0.4 is 5.48 Å². The lowest BCUT2D eigenvalue weighted by atomic mass is 10.3. The van der Waals surface area contributed by atoms with Crippen molar-refractivity contribution in [1.82, 2.24) is 0 Å². The lowest BCUT2D eigenvalue weighted by molar-refractivity contribution is 0.271. The molecule has 4 heteroatoms. The Morgan fingerprint density at radius 2 is 2.00 bits per heavy atom. The molecule has 0 aliphatic carbocycles.